The Hall–Kier alpha value is -2.31. The monoisotopic (exact) mass is 390 g/mol. The van der Waals surface area contributed by atoms with Crippen LogP contribution in [0.3, 0.4) is 0 Å². The predicted molar refractivity (Wildman–Crippen MR) is 107 cm³/mol. The van der Waals surface area contributed by atoms with E-state index >= 15 is 0 Å². The van der Waals surface area contributed by atoms with Gasteiger partial charge in [0.2, 0.25) is 0 Å². The number of halogens is 1. The molecule has 0 radical (unpaired) electrons. The first-order chi connectivity index (χ1) is 12.6. The number of hydrogen-bond acceptors (Lipinski definition) is 6. The summed E-state index contributed by atoms with van der Waals surface area (Å²) in [4.78, 5) is 17.5. The zero-order chi connectivity index (χ0) is 18.9. The van der Waals surface area contributed by atoms with E-state index in [0.29, 0.717) is 10.6 Å². The molecule has 2 aromatic carbocycles. The van der Waals surface area contributed by atoms with Crippen LogP contribution in [0, 0.1) is 0 Å². The zero-order valence-electron chi connectivity index (χ0n) is 14.7. The summed E-state index contributed by atoms with van der Waals surface area (Å²) in [6.07, 6.45) is 1.78. The summed E-state index contributed by atoms with van der Waals surface area (Å²) in [5.41, 5.74) is 3.34. The Bertz CT molecular complexity index is 820. The second-order valence-electron chi connectivity index (χ2n) is 5.23. The summed E-state index contributed by atoms with van der Waals surface area (Å²) in [5.74, 6) is -0.493. The summed E-state index contributed by atoms with van der Waals surface area (Å²) in [5, 5.41) is 4.81. The fourth-order valence-corrected chi connectivity index (χ4v) is 2.69. The third kappa shape index (κ3) is 5.34. The lowest BCUT2D eigenvalue weighted by molar-refractivity contribution is -0.132. The highest BCUT2D eigenvalue weighted by atomic mass is 35.5. The van der Waals surface area contributed by atoms with Gasteiger partial charge in [0.15, 0.2) is 5.71 Å². The van der Waals surface area contributed by atoms with Crippen molar-refractivity contribution in [2.45, 2.75) is 13.5 Å². The summed E-state index contributed by atoms with van der Waals surface area (Å²) in [6, 6.07) is 14.7. The molecule has 5 nitrogen and oxygen atoms in total. The number of carbonyl (C=O) groups is 1. The minimum atomic E-state index is -0.493. The van der Waals surface area contributed by atoms with Crippen molar-refractivity contribution in [1.82, 2.24) is 0 Å². The van der Waals surface area contributed by atoms with E-state index in [1.165, 1.54) is 19.1 Å². The molecule has 0 spiro atoms. The van der Waals surface area contributed by atoms with Crippen molar-refractivity contribution >= 4 is 40.9 Å². The maximum Gasteiger partial charge on any atom is 0.357 e. The van der Waals surface area contributed by atoms with Crippen LogP contribution in [0.2, 0.25) is 5.02 Å². The van der Waals surface area contributed by atoms with E-state index in [9.17, 15) is 4.79 Å². The Morgan fingerprint density at radius 1 is 1.15 bits per heavy atom. The normalized spacial score (nSPS) is 12.0. The number of oxime groups is 1. The second-order valence-corrected chi connectivity index (χ2v) is 6.21. The Morgan fingerprint density at radius 2 is 1.85 bits per heavy atom. The topological polar surface area (TPSA) is 60.2 Å². The summed E-state index contributed by atoms with van der Waals surface area (Å²) < 4.78 is 9.00. The molecule has 0 heterocycles. The molecule has 2 aromatic rings. The van der Waals surface area contributed by atoms with Gasteiger partial charge < -0.3 is 9.57 Å². The van der Waals surface area contributed by atoms with Gasteiger partial charge in [0, 0.05) is 22.4 Å². The van der Waals surface area contributed by atoms with Gasteiger partial charge in [-0.2, -0.15) is 0 Å². The van der Waals surface area contributed by atoms with Gasteiger partial charge in [-0.3, -0.25) is 0 Å². The highest BCUT2D eigenvalue weighted by Gasteiger charge is 2.18. The fraction of sp³-hybridized carbons (Fsp3) is 0.211. The molecule has 7 heteroatoms. The van der Waals surface area contributed by atoms with Gasteiger partial charge in [-0.15, -0.1) is 0 Å². The Kier molecular flexibility index (Phi) is 7.69. The minimum absolute atomic E-state index is 0.200. The van der Waals surface area contributed by atoms with Crippen LogP contribution in [0.4, 0.5) is 0 Å². The molecule has 0 saturated carbocycles. The van der Waals surface area contributed by atoms with Crippen molar-refractivity contribution in [1.29, 1.82) is 0 Å². The smallest absolute Gasteiger partial charge is 0.357 e. The Balaban J connectivity index is 2.17. The first-order valence-corrected chi connectivity index (χ1v) is 9.33. The first-order valence-electron chi connectivity index (χ1n) is 7.77. The molecule has 2 rings (SSSR count). The number of nitrogens with zero attached hydrogens (tertiary/aromatic N) is 2. The molecule has 26 heavy (non-hydrogen) atoms. The number of ether oxygens (including phenoxy) is 1. The number of esters is 1. The molecule has 0 aromatic heterocycles. The minimum Gasteiger partial charge on any atom is -0.464 e. The van der Waals surface area contributed by atoms with E-state index in [-0.39, 0.29) is 12.3 Å². The van der Waals surface area contributed by atoms with E-state index in [2.05, 4.69) is 9.55 Å². The lowest BCUT2D eigenvalue weighted by atomic mass is 10.0. The number of benzene rings is 2. The van der Waals surface area contributed by atoms with E-state index in [0.717, 1.165) is 16.8 Å². The zero-order valence-corrected chi connectivity index (χ0v) is 16.3. The van der Waals surface area contributed by atoms with Crippen molar-refractivity contribution in [3.05, 3.63) is 70.2 Å². The van der Waals surface area contributed by atoms with Crippen molar-refractivity contribution in [3.8, 4) is 0 Å². The molecule has 0 saturated heterocycles. The molecule has 0 unspecified atom stereocenters. The van der Waals surface area contributed by atoms with Crippen LogP contribution in [0.25, 0.3) is 0 Å². The van der Waals surface area contributed by atoms with Crippen LogP contribution >= 0.6 is 23.5 Å². The molecule has 0 amide bonds. The molecule has 0 aliphatic heterocycles. The molecule has 0 atom stereocenters. The van der Waals surface area contributed by atoms with Crippen molar-refractivity contribution < 1.29 is 14.4 Å². The van der Waals surface area contributed by atoms with E-state index in [1.807, 2.05) is 37.3 Å². The summed E-state index contributed by atoms with van der Waals surface area (Å²) in [6.45, 7) is 2.05. The summed E-state index contributed by atoms with van der Waals surface area (Å²) in [7, 11) is 1.33. The SMILES string of the molecule is COC(=O)/C(=N\SC)c1ccccc1CO/N=C(\C)c1ccc(Cl)cc1. The maximum atomic E-state index is 12.0. The number of rotatable bonds is 7. The molecule has 0 N–H and O–H groups in total. The lowest BCUT2D eigenvalue weighted by Crippen LogP contribution is -2.18. The third-order valence-corrected chi connectivity index (χ3v) is 4.13. The van der Waals surface area contributed by atoms with Crippen LogP contribution in [0.5, 0.6) is 0 Å². The van der Waals surface area contributed by atoms with Crippen LogP contribution in [-0.4, -0.2) is 30.8 Å². The third-order valence-electron chi connectivity index (χ3n) is 3.52. The van der Waals surface area contributed by atoms with Gasteiger partial charge >= 0.3 is 5.97 Å². The van der Waals surface area contributed by atoms with Crippen molar-refractivity contribution in [2.75, 3.05) is 13.4 Å². The average Bonchev–Trinajstić information content (AvgIpc) is 2.66. The second kappa shape index (κ2) is 9.99. The molecule has 0 bridgehead atoms. The molecular weight excluding hydrogens is 372 g/mol. The van der Waals surface area contributed by atoms with Gasteiger partial charge in [-0.1, -0.05) is 53.2 Å². The maximum absolute atomic E-state index is 12.0. The van der Waals surface area contributed by atoms with E-state index in [1.54, 1.807) is 24.5 Å². The fourth-order valence-electron chi connectivity index (χ4n) is 2.20. The van der Waals surface area contributed by atoms with Gasteiger partial charge in [0.25, 0.3) is 0 Å². The molecule has 0 aliphatic rings. The standard InChI is InChI=1S/C19H19ClN2O3S/c1-13(14-8-10-16(20)11-9-14)21-25-12-15-6-4-5-7-17(15)18(22-26-3)19(23)24-2/h4-11H,12H2,1-3H3/b21-13+,22-18-. The van der Waals surface area contributed by atoms with Crippen molar-refractivity contribution in [2.24, 2.45) is 9.55 Å². The van der Waals surface area contributed by atoms with Crippen LogP contribution in [0.1, 0.15) is 23.6 Å². The average molecular weight is 391 g/mol. The first kappa shape index (κ1) is 20.0. The Labute approximate surface area is 162 Å². The largest absolute Gasteiger partial charge is 0.464 e. The van der Waals surface area contributed by atoms with Crippen LogP contribution < -0.4 is 0 Å². The van der Waals surface area contributed by atoms with E-state index in [4.69, 9.17) is 21.2 Å². The van der Waals surface area contributed by atoms with E-state index < -0.39 is 5.97 Å². The molecule has 0 aliphatic carbocycles. The molecule has 136 valence electrons. The number of methoxy groups -OCH3 is 1. The molecule has 0 fully saturated rings. The van der Waals surface area contributed by atoms with Gasteiger partial charge in [0.1, 0.15) is 6.61 Å². The van der Waals surface area contributed by atoms with Gasteiger partial charge in [0.05, 0.1) is 12.8 Å². The highest BCUT2D eigenvalue weighted by molar-refractivity contribution is 7.97. The van der Waals surface area contributed by atoms with Crippen molar-refractivity contribution in [3.63, 3.8) is 0 Å². The highest BCUT2D eigenvalue weighted by Crippen LogP contribution is 2.16. The van der Waals surface area contributed by atoms with Crippen LogP contribution in [-0.2, 0) is 21.0 Å². The summed E-state index contributed by atoms with van der Waals surface area (Å²) >= 11 is 7.08. The number of hydrogen-bond donors (Lipinski definition) is 0. The van der Waals surface area contributed by atoms with Gasteiger partial charge in [-0.25, -0.2) is 9.19 Å². The van der Waals surface area contributed by atoms with Gasteiger partial charge in [-0.05, 0) is 36.6 Å². The van der Waals surface area contributed by atoms with Crippen LogP contribution in [0.15, 0.2) is 58.1 Å². The Morgan fingerprint density at radius 3 is 2.50 bits per heavy atom. The lowest BCUT2D eigenvalue weighted by Gasteiger charge is -2.10. The molecular formula is C19H19ClN2O3S. The quantitative estimate of drug-likeness (QED) is 0.302. The number of carbonyl (C=O) groups excluding carboxylic acids is 1. The predicted octanol–water partition coefficient (Wildman–Crippen LogP) is 4.52.